The van der Waals surface area contributed by atoms with Gasteiger partial charge in [0.05, 0.1) is 6.54 Å². The summed E-state index contributed by atoms with van der Waals surface area (Å²) in [6.45, 7) is 5.08. The fourth-order valence-corrected chi connectivity index (χ4v) is 4.30. The molecule has 1 saturated carbocycles. The number of fused-ring (bicyclic) bond motifs is 2. The molecule has 3 aliphatic rings. The molecule has 5 heteroatoms. The van der Waals surface area contributed by atoms with Crippen molar-refractivity contribution in [3.05, 3.63) is 0 Å². The van der Waals surface area contributed by atoms with Crippen molar-refractivity contribution in [2.45, 2.75) is 70.0 Å². The molecule has 128 valence electrons. The summed E-state index contributed by atoms with van der Waals surface area (Å²) in [5, 5.41) is 3.69. The second-order valence-electron chi connectivity index (χ2n) is 7.58. The van der Waals surface area contributed by atoms with Crippen LogP contribution in [0.2, 0.25) is 0 Å². The van der Waals surface area contributed by atoms with Crippen LogP contribution >= 0.6 is 12.4 Å². The van der Waals surface area contributed by atoms with Crippen molar-refractivity contribution in [2.75, 3.05) is 26.7 Å². The number of rotatable bonds is 3. The van der Waals surface area contributed by atoms with Gasteiger partial charge in [-0.2, -0.15) is 0 Å². The van der Waals surface area contributed by atoms with E-state index in [0.717, 1.165) is 19.0 Å². The second kappa shape index (κ2) is 7.98. The monoisotopic (exact) mass is 329 g/mol. The molecule has 0 aromatic rings. The minimum absolute atomic E-state index is 0. The van der Waals surface area contributed by atoms with E-state index in [1.807, 2.05) is 11.9 Å². The molecule has 1 aliphatic carbocycles. The molecule has 0 aromatic heterocycles. The van der Waals surface area contributed by atoms with Gasteiger partial charge in [0.1, 0.15) is 0 Å². The highest BCUT2D eigenvalue weighted by molar-refractivity contribution is 5.85. The van der Waals surface area contributed by atoms with Gasteiger partial charge in [-0.05, 0) is 50.9 Å². The quantitative estimate of drug-likeness (QED) is 0.862. The maximum absolute atomic E-state index is 12.6. The van der Waals surface area contributed by atoms with Gasteiger partial charge in [0, 0.05) is 38.3 Å². The summed E-state index contributed by atoms with van der Waals surface area (Å²) in [6.07, 6.45) is 8.75. The van der Waals surface area contributed by atoms with Crippen LogP contribution in [0.4, 0.5) is 0 Å². The van der Waals surface area contributed by atoms with Crippen molar-refractivity contribution in [3.63, 3.8) is 0 Å². The number of likely N-dealkylation sites (tertiary alicyclic amines) is 1. The second-order valence-corrected chi connectivity index (χ2v) is 7.58. The highest BCUT2D eigenvalue weighted by Crippen LogP contribution is 2.27. The van der Waals surface area contributed by atoms with E-state index in [-0.39, 0.29) is 12.4 Å². The van der Waals surface area contributed by atoms with E-state index in [9.17, 15) is 4.79 Å². The number of amides is 1. The van der Waals surface area contributed by atoms with Crippen molar-refractivity contribution >= 4 is 18.3 Å². The third-order valence-corrected chi connectivity index (χ3v) is 5.89. The van der Waals surface area contributed by atoms with E-state index in [1.54, 1.807) is 0 Å². The largest absolute Gasteiger partial charge is 0.342 e. The lowest BCUT2D eigenvalue weighted by molar-refractivity contribution is -0.134. The van der Waals surface area contributed by atoms with Crippen LogP contribution in [0.5, 0.6) is 0 Å². The van der Waals surface area contributed by atoms with E-state index < -0.39 is 0 Å². The van der Waals surface area contributed by atoms with Crippen LogP contribution in [0.15, 0.2) is 0 Å². The average molecular weight is 330 g/mol. The molecule has 0 aromatic carbocycles. The van der Waals surface area contributed by atoms with E-state index in [0.29, 0.717) is 30.6 Å². The summed E-state index contributed by atoms with van der Waals surface area (Å²) in [5.74, 6) is 1.17. The smallest absolute Gasteiger partial charge is 0.236 e. The number of likely N-dealkylation sites (N-methyl/N-ethyl adjacent to an activating group) is 1. The molecule has 22 heavy (non-hydrogen) atoms. The fourth-order valence-electron chi connectivity index (χ4n) is 4.30. The minimum Gasteiger partial charge on any atom is -0.342 e. The number of hydrogen-bond acceptors (Lipinski definition) is 3. The van der Waals surface area contributed by atoms with Crippen LogP contribution in [0.3, 0.4) is 0 Å². The molecule has 1 N–H and O–H groups in total. The lowest BCUT2D eigenvalue weighted by Gasteiger charge is -2.35. The Hall–Kier alpha value is -0.320. The molecule has 2 heterocycles. The zero-order chi connectivity index (χ0) is 14.8. The van der Waals surface area contributed by atoms with E-state index in [2.05, 4.69) is 17.1 Å². The van der Waals surface area contributed by atoms with Gasteiger partial charge in [-0.15, -0.1) is 12.4 Å². The summed E-state index contributed by atoms with van der Waals surface area (Å²) < 4.78 is 0. The summed E-state index contributed by atoms with van der Waals surface area (Å²) >= 11 is 0. The van der Waals surface area contributed by atoms with Crippen LogP contribution in [0, 0.1) is 5.92 Å². The highest BCUT2D eigenvalue weighted by atomic mass is 35.5. The van der Waals surface area contributed by atoms with E-state index in [1.165, 1.54) is 44.9 Å². The Morgan fingerprint density at radius 1 is 1.09 bits per heavy atom. The summed E-state index contributed by atoms with van der Waals surface area (Å²) in [6, 6.07) is 1.80. The molecular formula is C17H32ClN3O. The molecule has 2 atom stereocenters. The SMILES string of the molecule is CC1CCC(N(C)C(=O)CN2CCC3CCC(C2)N3)CC1.Cl. The zero-order valence-electron chi connectivity index (χ0n) is 14.1. The summed E-state index contributed by atoms with van der Waals surface area (Å²) in [4.78, 5) is 17.0. The van der Waals surface area contributed by atoms with Crippen LogP contribution in [-0.2, 0) is 4.79 Å². The third-order valence-electron chi connectivity index (χ3n) is 5.89. The average Bonchev–Trinajstić information content (AvgIpc) is 2.81. The van der Waals surface area contributed by atoms with Crippen LogP contribution in [0.1, 0.15) is 51.9 Å². The van der Waals surface area contributed by atoms with Crippen molar-refractivity contribution in [3.8, 4) is 0 Å². The Labute approximate surface area is 141 Å². The summed E-state index contributed by atoms with van der Waals surface area (Å²) in [7, 11) is 2.02. The molecular weight excluding hydrogens is 298 g/mol. The highest BCUT2D eigenvalue weighted by Gasteiger charge is 2.31. The first-order chi connectivity index (χ1) is 10.1. The number of carbonyl (C=O) groups excluding carboxylic acids is 1. The van der Waals surface area contributed by atoms with Crippen molar-refractivity contribution in [2.24, 2.45) is 5.92 Å². The van der Waals surface area contributed by atoms with Gasteiger partial charge in [-0.25, -0.2) is 0 Å². The lowest BCUT2D eigenvalue weighted by Crippen LogP contribution is -2.46. The van der Waals surface area contributed by atoms with Gasteiger partial charge < -0.3 is 10.2 Å². The number of nitrogens with one attached hydrogen (secondary N) is 1. The Morgan fingerprint density at radius 3 is 2.50 bits per heavy atom. The Bertz CT molecular complexity index is 371. The Morgan fingerprint density at radius 2 is 1.77 bits per heavy atom. The molecule has 2 saturated heterocycles. The zero-order valence-corrected chi connectivity index (χ0v) is 14.9. The van der Waals surface area contributed by atoms with Crippen LogP contribution < -0.4 is 5.32 Å². The van der Waals surface area contributed by atoms with Crippen LogP contribution in [-0.4, -0.2) is 60.5 Å². The van der Waals surface area contributed by atoms with Crippen molar-refractivity contribution < 1.29 is 4.79 Å². The van der Waals surface area contributed by atoms with Gasteiger partial charge in [0.2, 0.25) is 5.91 Å². The van der Waals surface area contributed by atoms with Gasteiger partial charge in [-0.1, -0.05) is 6.92 Å². The topological polar surface area (TPSA) is 35.6 Å². The van der Waals surface area contributed by atoms with Gasteiger partial charge in [-0.3, -0.25) is 9.69 Å². The molecule has 2 aliphatic heterocycles. The molecule has 3 fully saturated rings. The minimum atomic E-state index is 0. The molecule has 0 radical (unpaired) electrons. The van der Waals surface area contributed by atoms with Crippen LogP contribution in [0.25, 0.3) is 0 Å². The van der Waals surface area contributed by atoms with E-state index >= 15 is 0 Å². The normalized spacial score (nSPS) is 35.5. The summed E-state index contributed by atoms with van der Waals surface area (Å²) in [5.41, 5.74) is 0. The molecule has 3 rings (SSSR count). The van der Waals surface area contributed by atoms with Gasteiger partial charge >= 0.3 is 0 Å². The van der Waals surface area contributed by atoms with E-state index in [4.69, 9.17) is 0 Å². The standard InChI is InChI=1S/C17H31N3O.ClH/c1-13-3-7-16(8-4-13)19(2)17(21)12-20-10-9-14-5-6-15(11-20)18-14;/h13-16,18H,3-12H2,1-2H3;1H. The Balaban J connectivity index is 0.00000176. The van der Waals surface area contributed by atoms with Crippen molar-refractivity contribution in [1.82, 2.24) is 15.1 Å². The number of nitrogens with zero attached hydrogens (tertiary/aromatic N) is 2. The van der Waals surface area contributed by atoms with Crippen molar-refractivity contribution in [1.29, 1.82) is 0 Å². The fraction of sp³-hybridized carbons (Fsp3) is 0.941. The third kappa shape index (κ3) is 4.36. The first-order valence-corrected chi connectivity index (χ1v) is 8.86. The number of halogens is 1. The molecule has 4 nitrogen and oxygen atoms in total. The Kier molecular flexibility index (Phi) is 6.54. The van der Waals surface area contributed by atoms with Gasteiger partial charge in [0.25, 0.3) is 0 Å². The molecule has 0 spiro atoms. The lowest BCUT2D eigenvalue weighted by atomic mass is 9.87. The first-order valence-electron chi connectivity index (χ1n) is 8.86. The van der Waals surface area contributed by atoms with Gasteiger partial charge in [0.15, 0.2) is 0 Å². The number of hydrogen-bond donors (Lipinski definition) is 1. The first kappa shape index (κ1) is 18.0. The maximum atomic E-state index is 12.6. The predicted octanol–water partition coefficient (Wildman–Crippen LogP) is 2.27. The number of carbonyl (C=O) groups is 1. The molecule has 2 bridgehead atoms. The molecule has 2 unspecified atom stereocenters. The predicted molar refractivity (Wildman–Crippen MR) is 92.4 cm³/mol. The molecule has 1 amide bonds. The maximum Gasteiger partial charge on any atom is 0.236 e.